The number of hydrogen-bond acceptors (Lipinski definition) is 6. The summed E-state index contributed by atoms with van der Waals surface area (Å²) in [5, 5.41) is 0.583. The van der Waals surface area contributed by atoms with Gasteiger partial charge in [0.1, 0.15) is 5.75 Å². The molecular formula is C34H29ClN4O4. The molecule has 1 atom stereocenters. The van der Waals surface area contributed by atoms with Gasteiger partial charge in [-0.05, 0) is 72.6 Å². The summed E-state index contributed by atoms with van der Waals surface area (Å²) in [5.41, 5.74) is 1.95. The van der Waals surface area contributed by atoms with Gasteiger partial charge >= 0.3 is 6.03 Å². The van der Waals surface area contributed by atoms with Crippen molar-refractivity contribution in [2.75, 3.05) is 46.3 Å². The van der Waals surface area contributed by atoms with Crippen molar-refractivity contribution in [3.8, 4) is 5.75 Å². The Labute approximate surface area is 254 Å². The third-order valence-electron chi connectivity index (χ3n) is 8.79. The third kappa shape index (κ3) is 4.24. The largest absolute Gasteiger partial charge is 0.497 e. The van der Waals surface area contributed by atoms with Crippen LogP contribution in [0.15, 0.2) is 103 Å². The van der Waals surface area contributed by atoms with Crippen molar-refractivity contribution in [2.24, 2.45) is 5.41 Å². The Balaban J connectivity index is 1.42. The Morgan fingerprint density at radius 2 is 1.35 bits per heavy atom. The second kappa shape index (κ2) is 10.5. The van der Waals surface area contributed by atoms with Gasteiger partial charge in [-0.1, -0.05) is 54.1 Å². The molecule has 8 nitrogen and oxygen atoms in total. The summed E-state index contributed by atoms with van der Waals surface area (Å²) < 4.78 is 5.36. The topological polar surface area (TPSA) is 73.4 Å². The van der Waals surface area contributed by atoms with Gasteiger partial charge in [0, 0.05) is 36.0 Å². The second-order valence-corrected chi connectivity index (χ2v) is 11.4. The number of barbiturate groups is 1. The number of carbonyl (C=O) groups excluding carboxylic acids is 3. The molecule has 4 amide bonds. The van der Waals surface area contributed by atoms with Crippen LogP contribution in [-0.2, 0) is 16.0 Å². The van der Waals surface area contributed by atoms with Gasteiger partial charge in [0.15, 0.2) is 5.41 Å². The third-order valence-corrected chi connectivity index (χ3v) is 9.03. The van der Waals surface area contributed by atoms with Crippen LogP contribution in [0.25, 0.3) is 0 Å². The normalized spacial score (nSPS) is 19.4. The summed E-state index contributed by atoms with van der Waals surface area (Å²) >= 11 is 6.48. The number of halogens is 1. The number of methoxy groups -OCH3 is 1. The molecule has 3 aliphatic heterocycles. The maximum atomic E-state index is 14.9. The number of piperazine rings is 1. The highest BCUT2D eigenvalue weighted by Gasteiger charge is 2.65. The number of amides is 4. The fraction of sp³-hybridized carbons (Fsp3) is 0.206. The van der Waals surface area contributed by atoms with Gasteiger partial charge in [0.05, 0.1) is 24.5 Å². The average Bonchev–Trinajstić information content (AvgIpc) is 3.05. The van der Waals surface area contributed by atoms with Crippen molar-refractivity contribution < 1.29 is 19.1 Å². The van der Waals surface area contributed by atoms with Crippen molar-refractivity contribution in [3.63, 3.8) is 0 Å². The summed E-state index contributed by atoms with van der Waals surface area (Å²) in [6.45, 7) is 1.60. The molecule has 3 aliphatic rings. The minimum Gasteiger partial charge on any atom is -0.497 e. The van der Waals surface area contributed by atoms with Crippen molar-refractivity contribution in [2.45, 2.75) is 12.5 Å². The first-order valence-corrected chi connectivity index (χ1v) is 14.6. The predicted molar refractivity (Wildman–Crippen MR) is 167 cm³/mol. The van der Waals surface area contributed by atoms with Crippen LogP contribution in [0.4, 0.5) is 27.5 Å². The smallest absolute Gasteiger partial charge is 0.342 e. The number of carbonyl (C=O) groups is 3. The molecule has 0 saturated carbocycles. The van der Waals surface area contributed by atoms with E-state index in [0.29, 0.717) is 36.0 Å². The molecule has 216 valence electrons. The Kier molecular flexibility index (Phi) is 6.58. The Bertz CT molecular complexity index is 1650. The van der Waals surface area contributed by atoms with E-state index >= 15 is 0 Å². The number of benzene rings is 4. The summed E-state index contributed by atoms with van der Waals surface area (Å²) in [4.78, 5) is 50.7. The number of imide groups is 2. The molecule has 3 heterocycles. The molecule has 4 aromatic rings. The van der Waals surface area contributed by atoms with E-state index in [4.69, 9.17) is 16.3 Å². The van der Waals surface area contributed by atoms with E-state index in [9.17, 15) is 14.4 Å². The highest BCUT2D eigenvalue weighted by atomic mass is 35.5. The van der Waals surface area contributed by atoms with E-state index in [2.05, 4.69) is 9.80 Å². The number of ether oxygens (including phenoxy) is 1. The number of nitrogens with zero attached hydrogens (tertiary/aromatic N) is 4. The fourth-order valence-electron chi connectivity index (χ4n) is 6.70. The van der Waals surface area contributed by atoms with Gasteiger partial charge in [0.2, 0.25) is 0 Å². The zero-order chi connectivity index (χ0) is 29.7. The monoisotopic (exact) mass is 592 g/mol. The lowest BCUT2D eigenvalue weighted by Gasteiger charge is -2.57. The highest BCUT2D eigenvalue weighted by molar-refractivity contribution is 6.39. The Morgan fingerprint density at radius 1 is 0.744 bits per heavy atom. The van der Waals surface area contributed by atoms with Crippen LogP contribution in [0.1, 0.15) is 5.56 Å². The molecule has 2 saturated heterocycles. The molecule has 43 heavy (non-hydrogen) atoms. The summed E-state index contributed by atoms with van der Waals surface area (Å²) in [7, 11) is 1.63. The van der Waals surface area contributed by atoms with E-state index in [1.165, 1.54) is 9.80 Å². The standard InChI is InChI=1S/C34H29ClN4O4/c1-43-28-16-14-25(15-17-28)36-18-19-37-29-20-24(35)13-12-23(29)21-34(30(37)22-36)31(40)38(26-8-4-2-5-9-26)33(42)39(32(34)41)27-10-6-3-7-11-27/h2-17,20,30H,18-19,21-22H2,1H3/t30-/m1/s1. The lowest BCUT2D eigenvalue weighted by atomic mass is 9.67. The van der Waals surface area contributed by atoms with E-state index in [0.717, 1.165) is 22.7 Å². The number of rotatable bonds is 4. The Hall–Kier alpha value is -4.82. The number of hydrogen-bond donors (Lipinski definition) is 0. The molecule has 0 aliphatic carbocycles. The number of para-hydroxylation sites is 2. The van der Waals surface area contributed by atoms with Gasteiger partial charge in [0.25, 0.3) is 11.8 Å². The van der Waals surface area contributed by atoms with Crippen LogP contribution >= 0.6 is 11.6 Å². The molecule has 0 radical (unpaired) electrons. The molecule has 1 spiro atoms. The Morgan fingerprint density at radius 3 is 1.93 bits per heavy atom. The van der Waals surface area contributed by atoms with Gasteiger partial charge in [-0.25, -0.2) is 14.6 Å². The van der Waals surface area contributed by atoms with E-state index in [1.807, 2.05) is 48.5 Å². The summed E-state index contributed by atoms with van der Waals surface area (Å²) in [6, 6.07) is 29.8. The van der Waals surface area contributed by atoms with Crippen molar-refractivity contribution in [1.29, 1.82) is 0 Å². The SMILES string of the molecule is COc1ccc(N2CCN3c4cc(Cl)ccc4CC4(C(=O)N(c5ccccc5)C(=O)N(c5ccccc5)C4=O)[C@H]3C2)cc1. The minimum absolute atomic E-state index is 0.134. The molecule has 7 rings (SSSR count). The van der Waals surface area contributed by atoms with Crippen molar-refractivity contribution >= 4 is 52.2 Å². The number of anilines is 4. The zero-order valence-corrected chi connectivity index (χ0v) is 24.3. The van der Waals surface area contributed by atoms with Gasteiger partial charge < -0.3 is 14.5 Å². The second-order valence-electron chi connectivity index (χ2n) is 11.0. The average molecular weight is 593 g/mol. The van der Waals surface area contributed by atoms with Crippen LogP contribution in [0.2, 0.25) is 5.02 Å². The van der Waals surface area contributed by atoms with E-state index < -0.39 is 29.3 Å². The number of urea groups is 1. The van der Waals surface area contributed by atoms with Crippen LogP contribution < -0.4 is 24.3 Å². The van der Waals surface area contributed by atoms with Crippen LogP contribution in [-0.4, -0.2) is 50.6 Å². The quantitative estimate of drug-likeness (QED) is 0.280. The summed E-state index contributed by atoms with van der Waals surface area (Å²) in [6.07, 6.45) is 0.134. The van der Waals surface area contributed by atoms with Crippen molar-refractivity contribution in [1.82, 2.24) is 0 Å². The zero-order valence-electron chi connectivity index (χ0n) is 23.5. The lowest BCUT2D eigenvalue weighted by molar-refractivity contribution is -0.143. The highest BCUT2D eigenvalue weighted by Crippen LogP contribution is 2.49. The van der Waals surface area contributed by atoms with Gasteiger partial charge in [-0.2, -0.15) is 0 Å². The molecule has 9 heteroatoms. The first-order valence-electron chi connectivity index (χ1n) is 14.2. The molecule has 4 aromatic carbocycles. The van der Waals surface area contributed by atoms with E-state index in [-0.39, 0.29) is 6.42 Å². The lowest BCUT2D eigenvalue weighted by Crippen LogP contribution is -2.76. The summed E-state index contributed by atoms with van der Waals surface area (Å²) in [5.74, 6) is -0.297. The van der Waals surface area contributed by atoms with Crippen LogP contribution in [0.3, 0.4) is 0 Å². The first-order chi connectivity index (χ1) is 20.9. The fourth-order valence-corrected chi connectivity index (χ4v) is 6.87. The van der Waals surface area contributed by atoms with Crippen molar-refractivity contribution in [3.05, 3.63) is 114 Å². The van der Waals surface area contributed by atoms with Gasteiger partial charge in [-0.15, -0.1) is 0 Å². The molecule has 0 aromatic heterocycles. The van der Waals surface area contributed by atoms with E-state index in [1.54, 1.807) is 61.7 Å². The molecule has 0 N–H and O–H groups in total. The molecule has 2 fully saturated rings. The predicted octanol–water partition coefficient (Wildman–Crippen LogP) is 5.79. The minimum atomic E-state index is -1.59. The van der Waals surface area contributed by atoms with Gasteiger partial charge in [-0.3, -0.25) is 9.59 Å². The van der Waals surface area contributed by atoms with Crippen LogP contribution in [0, 0.1) is 5.41 Å². The maximum Gasteiger partial charge on any atom is 0.342 e. The van der Waals surface area contributed by atoms with Crippen LogP contribution in [0.5, 0.6) is 5.75 Å². The maximum absolute atomic E-state index is 14.9. The molecular weight excluding hydrogens is 564 g/mol. The molecule has 0 unspecified atom stereocenters. The first kappa shape index (κ1) is 27.0. The number of fused-ring (bicyclic) bond motifs is 4. The molecule has 0 bridgehead atoms.